The van der Waals surface area contributed by atoms with Gasteiger partial charge in [0.25, 0.3) is 0 Å². The summed E-state index contributed by atoms with van der Waals surface area (Å²) in [5.74, 6) is 1.46. The Kier molecular flexibility index (Phi) is 2.82. The molecule has 2 saturated heterocycles. The summed E-state index contributed by atoms with van der Waals surface area (Å²) in [5.41, 5.74) is 0.120. The summed E-state index contributed by atoms with van der Waals surface area (Å²) >= 11 is 0. The molecule has 2 fully saturated rings. The highest BCUT2D eigenvalue weighted by Gasteiger charge is 2.49. The molecule has 2 aliphatic heterocycles. The molecule has 0 aromatic heterocycles. The van der Waals surface area contributed by atoms with Crippen molar-refractivity contribution in [2.45, 2.75) is 19.4 Å². The van der Waals surface area contributed by atoms with Crippen LogP contribution in [0, 0.1) is 11.8 Å². The molecule has 1 N–H and O–H groups in total. The zero-order valence-electron chi connectivity index (χ0n) is 9.55. The minimum Gasteiger partial charge on any atom is -0.375 e. The van der Waals surface area contributed by atoms with Crippen LogP contribution in [0.5, 0.6) is 0 Å². The van der Waals surface area contributed by atoms with E-state index in [9.17, 15) is 0 Å². The van der Waals surface area contributed by atoms with Gasteiger partial charge in [0.1, 0.15) is 0 Å². The van der Waals surface area contributed by atoms with Crippen molar-refractivity contribution < 1.29 is 4.74 Å². The average molecular weight is 198 g/mol. The Bertz CT molecular complexity index is 207. The Hall–Kier alpha value is -0.120. The molecule has 0 radical (unpaired) electrons. The number of hydrogen-bond acceptors (Lipinski definition) is 3. The van der Waals surface area contributed by atoms with E-state index in [0.29, 0.717) is 5.92 Å². The molecular weight excluding hydrogens is 176 g/mol. The van der Waals surface area contributed by atoms with Gasteiger partial charge in [-0.1, -0.05) is 13.8 Å². The second kappa shape index (κ2) is 3.80. The molecule has 3 nitrogen and oxygen atoms in total. The summed E-state index contributed by atoms with van der Waals surface area (Å²) in [6.07, 6.45) is 0. The van der Waals surface area contributed by atoms with Crippen LogP contribution in [0.2, 0.25) is 0 Å². The highest BCUT2D eigenvalue weighted by molar-refractivity contribution is 5.05. The zero-order valence-corrected chi connectivity index (χ0v) is 9.55. The summed E-state index contributed by atoms with van der Waals surface area (Å²) in [6, 6.07) is 0. The molecule has 2 heterocycles. The van der Waals surface area contributed by atoms with Crippen LogP contribution in [0.25, 0.3) is 0 Å². The van der Waals surface area contributed by atoms with Gasteiger partial charge in [0.05, 0.1) is 5.60 Å². The van der Waals surface area contributed by atoms with Gasteiger partial charge in [0.15, 0.2) is 0 Å². The van der Waals surface area contributed by atoms with Gasteiger partial charge in [0, 0.05) is 45.8 Å². The standard InChI is InChI=1S/C11H22N2O/c1-9(2)5-13-6-10-4-12-7-11(10,8-13)14-3/h9-10,12H,4-8H2,1-3H3. The number of nitrogens with zero attached hydrogens (tertiary/aromatic N) is 1. The lowest BCUT2D eigenvalue weighted by Gasteiger charge is -2.26. The average Bonchev–Trinajstić information content (AvgIpc) is 2.59. The summed E-state index contributed by atoms with van der Waals surface area (Å²) in [7, 11) is 1.86. The van der Waals surface area contributed by atoms with E-state index in [2.05, 4.69) is 24.1 Å². The number of hydrogen-bond donors (Lipinski definition) is 1. The molecule has 2 rings (SSSR count). The van der Waals surface area contributed by atoms with Gasteiger partial charge in [-0.15, -0.1) is 0 Å². The van der Waals surface area contributed by atoms with Crippen LogP contribution in [-0.4, -0.2) is 50.3 Å². The lowest BCUT2D eigenvalue weighted by Crippen LogP contribution is -2.41. The highest BCUT2D eigenvalue weighted by Crippen LogP contribution is 2.33. The predicted molar refractivity (Wildman–Crippen MR) is 57.4 cm³/mol. The van der Waals surface area contributed by atoms with E-state index < -0.39 is 0 Å². The van der Waals surface area contributed by atoms with Crippen LogP contribution in [0.4, 0.5) is 0 Å². The maximum Gasteiger partial charge on any atom is 0.0980 e. The summed E-state index contributed by atoms with van der Waals surface area (Å²) in [5, 5.41) is 3.44. The molecular formula is C11H22N2O. The van der Waals surface area contributed by atoms with Crippen LogP contribution < -0.4 is 5.32 Å². The van der Waals surface area contributed by atoms with Crippen LogP contribution >= 0.6 is 0 Å². The van der Waals surface area contributed by atoms with Crippen LogP contribution in [0.3, 0.4) is 0 Å². The zero-order chi connectivity index (χ0) is 10.2. The van der Waals surface area contributed by atoms with Gasteiger partial charge in [-0.3, -0.25) is 4.90 Å². The van der Waals surface area contributed by atoms with E-state index in [1.54, 1.807) is 0 Å². The van der Waals surface area contributed by atoms with Crippen molar-refractivity contribution in [1.29, 1.82) is 0 Å². The first-order chi connectivity index (χ1) is 6.66. The number of nitrogens with one attached hydrogen (secondary N) is 1. The number of likely N-dealkylation sites (tertiary alicyclic amines) is 1. The minimum atomic E-state index is 0.120. The second-order valence-corrected chi connectivity index (χ2v) is 5.18. The molecule has 2 unspecified atom stereocenters. The van der Waals surface area contributed by atoms with Gasteiger partial charge in [-0.25, -0.2) is 0 Å². The van der Waals surface area contributed by atoms with E-state index in [1.165, 1.54) is 13.1 Å². The van der Waals surface area contributed by atoms with Crippen molar-refractivity contribution in [2.75, 3.05) is 39.8 Å². The van der Waals surface area contributed by atoms with Crippen LogP contribution in [-0.2, 0) is 4.74 Å². The fraction of sp³-hybridized carbons (Fsp3) is 1.00. The van der Waals surface area contributed by atoms with Crippen molar-refractivity contribution in [3.8, 4) is 0 Å². The largest absolute Gasteiger partial charge is 0.375 e. The normalized spacial score (nSPS) is 38.1. The lowest BCUT2D eigenvalue weighted by atomic mass is 9.95. The molecule has 0 aromatic rings. The summed E-state index contributed by atoms with van der Waals surface area (Å²) in [4.78, 5) is 2.56. The quantitative estimate of drug-likeness (QED) is 0.717. The molecule has 14 heavy (non-hydrogen) atoms. The van der Waals surface area contributed by atoms with E-state index in [1.807, 2.05) is 7.11 Å². The smallest absolute Gasteiger partial charge is 0.0980 e. The van der Waals surface area contributed by atoms with Crippen LogP contribution in [0.1, 0.15) is 13.8 Å². The molecule has 0 saturated carbocycles. The highest BCUT2D eigenvalue weighted by atomic mass is 16.5. The van der Waals surface area contributed by atoms with Gasteiger partial charge in [-0.05, 0) is 5.92 Å². The first-order valence-corrected chi connectivity index (χ1v) is 5.64. The van der Waals surface area contributed by atoms with E-state index in [0.717, 1.165) is 25.6 Å². The summed E-state index contributed by atoms with van der Waals surface area (Å²) < 4.78 is 5.73. The number of fused-ring (bicyclic) bond motifs is 1. The molecule has 2 aliphatic rings. The molecule has 0 aromatic carbocycles. The van der Waals surface area contributed by atoms with Crippen molar-refractivity contribution in [2.24, 2.45) is 11.8 Å². The third-order valence-electron chi connectivity index (χ3n) is 3.56. The third kappa shape index (κ3) is 1.69. The predicted octanol–water partition coefficient (Wildman–Crippen LogP) is 0.563. The Morgan fingerprint density at radius 1 is 1.57 bits per heavy atom. The van der Waals surface area contributed by atoms with Crippen molar-refractivity contribution in [3.05, 3.63) is 0 Å². The Balaban J connectivity index is 1.98. The lowest BCUT2D eigenvalue weighted by molar-refractivity contribution is -0.00616. The van der Waals surface area contributed by atoms with Crippen molar-refractivity contribution in [1.82, 2.24) is 10.2 Å². The number of methoxy groups -OCH3 is 1. The van der Waals surface area contributed by atoms with Gasteiger partial charge in [0.2, 0.25) is 0 Å². The van der Waals surface area contributed by atoms with Crippen LogP contribution in [0.15, 0.2) is 0 Å². The van der Waals surface area contributed by atoms with Crippen molar-refractivity contribution >= 4 is 0 Å². The van der Waals surface area contributed by atoms with E-state index in [4.69, 9.17) is 4.74 Å². The van der Waals surface area contributed by atoms with Gasteiger partial charge < -0.3 is 10.1 Å². The Labute approximate surface area is 86.8 Å². The maximum absolute atomic E-state index is 5.73. The molecule has 3 heteroatoms. The third-order valence-corrected chi connectivity index (χ3v) is 3.56. The number of rotatable bonds is 3. The van der Waals surface area contributed by atoms with Gasteiger partial charge in [-0.2, -0.15) is 0 Å². The first-order valence-electron chi connectivity index (χ1n) is 5.64. The van der Waals surface area contributed by atoms with E-state index in [-0.39, 0.29) is 5.60 Å². The van der Waals surface area contributed by atoms with E-state index >= 15 is 0 Å². The first kappa shape index (κ1) is 10.4. The molecule has 0 bridgehead atoms. The maximum atomic E-state index is 5.73. The molecule has 0 aliphatic carbocycles. The fourth-order valence-electron chi connectivity index (χ4n) is 2.92. The second-order valence-electron chi connectivity index (χ2n) is 5.18. The molecule has 82 valence electrons. The fourth-order valence-corrected chi connectivity index (χ4v) is 2.92. The molecule has 2 atom stereocenters. The molecule has 0 amide bonds. The van der Waals surface area contributed by atoms with Gasteiger partial charge >= 0.3 is 0 Å². The molecule has 0 spiro atoms. The SMILES string of the molecule is COC12CNCC1CN(CC(C)C)C2. The van der Waals surface area contributed by atoms with Crippen molar-refractivity contribution in [3.63, 3.8) is 0 Å². The monoisotopic (exact) mass is 198 g/mol. The number of ether oxygens (including phenoxy) is 1. The summed E-state index contributed by atoms with van der Waals surface area (Å²) in [6.45, 7) is 10.3. The minimum absolute atomic E-state index is 0.120. The Morgan fingerprint density at radius 3 is 2.93 bits per heavy atom. The Morgan fingerprint density at radius 2 is 2.36 bits per heavy atom. The topological polar surface area (TPSA) is 24.5 Å².